The van der Waals surface area contributed by atoms with Crippen molar-refractivity contribution in [3.63, 3.8) is 0 Å². The van der Waals surface area contributed by atoms with Crippen molar-refractivity contribution in [2.24, 2.45) is 28.9 Å². The van der Waals surface area contributed by atoms with Crippen LogP contribution in [0.15, 0.2) is 60.7 Å². The van der Waals surface area contributed by atoms with Gasteiger partial charge in [-0.15, -0.1) is 0 Å². The third kappa shape index (κ3) is 11.4. The van der Waals surface area contributed by atoms with Crippen LogP contribution in [-0.2, 0) is 6.54 Å². The molecule has 9 N–H and O–H groups in total. The number of H-pyrrole nitrogens is 1. The molecule has 2 fully saturated rings. The molecule has 7 nitrogen and oxygen atoms in total. The van der Waals surface area contributed by atoms with Crippen LogP contribution in [0.2, 0.25) is 0 Å². The van der Waals surface area contributed by atoms with E-state index in [9.17, 15) is 0 Å². The summed E-state index contributed by atoms with van der Waals surface area (Å²) < 4.78 is 0. The lowest BCUT2D eigenvalue weighted by molar-refractivity contribution is 0.199. The third-order valence-electron chi connectivity index (χ3n) is 11.1. The van der Waals surface area contributed by atoms with E-state index in [4.69, 9.17) is 22.9 Å². The molecule has 2 atom stereocenters. The highest BCUT2D eigenvalue weighted by atomic mass is 15.1. The normalized spacial score (nSPS) is 18.9. The van der Waals surface area contributed by atoms with Crippen LogP contribution in [-0.4, -0.2) is 73.7 Å². The molecule has 0 aliphatic heterocycles. The first-order valence-electron chi connectivity index (χ1n) is 20.0. The van der Waals surface area contributed by atoms with E-state index in [2.05, 4.69) is 75.4 Å². The minimum atomic E-state index is 0.602. The van der Waals surface area contributed by atoms with Crippen molar-refractivity contribution in [2.45, 2.75) is 95.9 Å². The summed E-state index contributed by atoms with van der Waals surface area (Å²) in [4.78, 5) is 8.44. The van der Waals surface area contributed by atoms with Crippen LogP contribution < -0.4 is 22.9 Å². The van der Waals surface area contributed by atoms with Gasteiger partial charge in [-0.3, -0.25) is 4.90 Å². The fourth-order valence-corrected chi connectivity index (χ4v) is 8.47. The summed E-state index contributed by atoms with van der Waals surface area (Å²) in [7, 11) is 0. The second-order valence-electron chi connectivity index (χ2n) is 15.0. The van der Waals surface area contributed by atoms with Crippen LogP contribution >= 0.6 is 0 Å². The van der Waals surface area contributed by atoms with Crippen molar-refractivity contribution in [1.82, 2.24) is 14.8 Å². The van der Waals surface area contributed by atoms with Crippen LogP contribution in [0.4, 0.5) is 0 Å². The number of hydrogen-bond donors (Lipinski definition) is 5. The molecule has 0 spiro atoms. The maximum absolute atomic E-state index is 5.87. The van der Waals surface area contributed by atoms with Gasteiger partial charge in [-0.25, -0.2) is 0 Å². The SMILES string of the molecule is C1CCCCCCCC1.NCCN(CCN)Cc1cccc(-c2ccc3[nH]c4ccc(C5CCCC(CN(CCN)CCN)C5)cc4c3c2)c1. The molecule has 274 valence electrons. The number of benzene rings is 3. The standard InChI is InChI=1S/C34H49N7.C9H18/c35-11-15-40(16-12-36)23-25-3-1-5-27(19-25)29-7-9-33-31(21-29)32-22-30(8-10-34(32)39-33)28-6-2-4-26(20-28)24-41(17-13-37)18-14-38;1-2-4-6-8-9-7-5-3-1/h1,3,5,7-10,19,21-22,26,28,39H,2,4,6,11-18,20,23-24,35-38H2;1-9H2. The minimum absolute atomic E-state index is 0.602. The molecule has 2 aliphatic rings. The van der Waals surface area contributed by atoms with E-state index in [0.717, 1.165) is 39.3 Å². The van der Waals surface area contributed by atoms with Crippen molar-refractivity contribution in [3.8, 4) is 11.1 Å². The summed E-state index contributed by atoms with van der Waals surface area (Å²) in [6.07, 6.45) is 18.6. The van der Waals surface area contributed by atoms with Crippen LogP contribution in [0.1, 0.15) is 101 Å². The van der Waals surface area contributed by atoms with Crippen LogP contribution in [0.3, 0.4) is 0 Å². The number of hydrogen-bond acceptors (Lipinski definition) is 6. The molecule has 1 heterocycles. The number of nitrogens with two attached hydrogens (primary N) is 4. The smallest absolute Gasteiger partial charge is 0.0465 e. The maximum atomic E-state index is 5.87. The lowest BCUT2D eigenvalue weighted by Gasteiger charge is -2.33. The molecule has 7 heteroatoms. The van der Waals surface area contributed by atoms with E-state index in [-0.39, 0.29) is 0 Å². The predicted molar refractivity (Wildman–Crippen MR) is 215 cm³/mol. The first-order valence-corrected chi connectivity index (χ1v) is 20.0. The fraction of sp³-hybridized carbons (Fsp3) is 0.581. The van der Waals surface area contributed by atoms with E-state index in [1.54, 1.807) is 0 Å². The van der Waals surface area contributed by atoms with Crippen LogP contribution in [0.25, 0.3) is 32.9 Å². The maximum Gasteiger partial charge on any atom is 0.0465 e. The number of rotatable bonds is 14. The molecule has 6 rings (SSSR count). The fourth-order valence-electron chi connectivity index (χ4n) is 8.47. The zero-order chi connectivity index (χ0) is 35.0. The number of aromatic amines is 1. The second-order valence-corrected chi connectivity index (χ2v) is 15.0. The Morgan fingerprint density at radius 2 is 1.12 bits per heavy atom. The molecule has 3 aromatic carbocycles. The van der Waals surface area contributed by atoms with Gasteiger partial charge < -0.3 is 32.8 Å². The Morgan fingerprint density at radius 3 is 1.74 bits per heavy atom. The summed E-state index contributed by atoms with van der Waals surface area (Å²) in [5, 5.41) is 2.62. The topological polar surface area (TPSA) is 126 Å². The van der Waals surface area contributed by atoms with Gasteiger partial charge in [0.25, 0.3) is 0 Å². The van der Waals surface area contributed by atoms with E-state index in [1.807, 2.05) is 0 Å². The lowest BCUT2D eigenvalue weighted by atomic mass is 9.77. The number of nitrogens with zero attached hydrogens (tertiary/aromatic N) is 2. The van der Waals surface area contributed by atoms with Crippen molar-refractivity contribution in [2.75, 3.05) is 58.9 Å². The Hall–Kier alpha value is -2.78. The average molecular weight is 682 g/mol. The Morgan fingerprint density at radius 1 is 0.560 bits per heavy atom. The zero-order valence-electron chi connectivity index (χ0n) is 30.9. The average Bonchev–Trinajstić information content (AvgIpc) is 3.57. The molecular formula is C43H67N7. The van der Waals surface area contributed by atoms with Crippen LogP contribution in [0.5, 0.6) is 0 Å². The molecule has 2 unspecified atom stereocenters. The van der Waals surface area contributed by atoms with Gasteiger partial charge in [-0.05, 0) is 83.7 Å². The molecular weight excluding hydrogens is 615 g/mol. The van der Waals surface area contributed by atoms with Gasteiger partial charge in [0.15, 0.2) is 0 Å². The molecule has 0 saturated heterocycles. The van der Waals surface area contributed by atoms with E-state index < -0.39 is 0 Å². The van der Waals surface area contributed by atoms with E-state index >= 15 is 0 Å². The highest BCUT2D eigenvalue weighted by Crippen LogP contribution is 2.39. The predicted octanol–water partition coefficient (Wildman–Crippen LogP) is 7.71. The van der Waals surface area contributed by atoms with Crippen molar-refractivity contribution in [3.05, 3.63) is 71.8 Å². The van der Waals surface area contributed by atoms with Gasteiger partial charge in [0.2, 0.25) is 0 Å². The summed E-state index contributed by atoms with van der Waals surface area (Å²) in [5.41, 5.74) is 31.0. The zero-order valence-corrected chi connectivity index (χ0v) is 30.9. The Kier molecular flexibility index (Phi) is 16.1. The Labute approximate surface area is 302 Å². The third-order valence-corrected chi connectivity index (χ3v) is 11.1. The monoisotopic (exact) mass is 682 g/mol. The quantitative estimate of drug-likeness (QED) is 0.0928. The molecule has 0 bridgehead atoms. The highest BCUT2D eigenvalue weighted by Gasteiger charge is 2.25. The van der Waals surface area contributed by atoms with Crippen molar-refractivity contribution >= 4 is 21.8 Å². The van der Waals surface area contributed by atoms with Crippen molar-refractivity contribution in [1.29, 1.82) is 0 Å². The largest absolute Gasteiger partial charge is 0.355 e. The highest BCUT2D eigenvalue weighted by molar-refractivity contribution is 6.08. The Bertz CT molecular complexity index is 1510. The molecule has 1 aromatic heterocycles. The van der Waals surface area contributed by atoms with Crippen LogP contribution in [0, 0.1) is 5.92 Å². The summed E-state index contributed by atoms with van der Waals surface area (Å²) >= 11 is 0. The molecule has 2 saturated carbocycles. The number of fused-ring (bicyclic) bond motifs is 3. The summed E-state index contributed by atoms with van der Waals surface area (Å²) in [5.74, 6) is 1.31. The van der Waals surface area contributed by atoms with Gasteiger partial charge in [-0.1, -0.05) is 94.5 Å². The molecule has 4 aromatic rings. The number of nitrogens with one attached hydrogen (secondary N) is 1. The van der Waals surface area contributed by atoms with E-state index in [1.165, 1.54) is 128 Å². The molecule has 0 radical (unpaired) electrons. The molecule has 2 aliphatic carbocycles. The van der Waals surface area contributed by atoms with Gasteiger partial charge in [0.05, 0.1) is 0 Å². The van der Waals surface area contributed by atoms with Gasteiger partial charge in [0.1, 0.15) is 0 Å². The van der Waals surface area contributed by atoms with Gasteiger partial charge >= 0.3 is 0 Å². The number of aromatic nitrogens is 1. The first kappa shape index (κ1) is 38.5. The van der Waals surface area contributed by atoms with E-state index in [0.29, 0.717) is 38.0 Å². The Balaban J connectivity index is 0.000000470. The van der Waals surface area contributed by atoms with Gasteiger partial charge in [-0.2, -0.15) is 0 Å². The lowest BCUT2D eigenvalue weighted by Crippen LogP contribution is -2.38. The molecule has 50 heavy (non-hydrogen) atoms. The second kappa shape index (κ2) is 20.9. The molecule has 0 amide bonds. The van der Waals surface area contributed by atoms with Crippen molar-refractivity contribution < 1.29 is 0 Å². The summed E-state index contributed by atoms with van der Waals surface area (Å²) in [6.45, 7) is 8.22. The summed E-state index contributed by atoms with van der Waals surface area (Å²) in [6, 6.07) is 22.8. The van der Waals surface area contributed by atoms with Gasteiger partial charge in [0, 0.05) is 87.3 Å². The minimum Gasteiger partial charge on any atom is -0.355 e. The first-order chi connectivity index (χ1) is 24.6.